The molecule has 0 saturated carbocycles. The summed E-state index contributed by atoms with van der Waals surface area (Å²) in [6.07, 6.45) is 3.29. The van der Waals surface area contributed by atoms with E-state index in [2.05, 4.69) is 11.9 Å². The zero-order chi connectivity index (χ0) is 13.1. The highest BCUT2D eigenvalue weighted by atomic mass is 35.5. The molecule has 0 N–H and O–H groups in total. The molecular formula is C13H16Cl2N2O. The number of hydrogen-bond donors (Lipinski definition) is 0. The molecule has 3 nitrogen and oxygen atoms in total. The summed E-state index contributed by atoms with van der Waals surface area (Å²) < 4.78 is 0. The van der Waals surface area contributed by atoms with Crippen LogP contribution in [0, 0.1) is 5.92 Å². The number of hydrogen-bond acceptors (Lipinski definition) is 2. The topological polar surface area (TPSA) is 33.2 Å². The molecule has 0 aliphatic carbocycles. The number of aromatic nitrogens is 1. The minimum absolute atomic E-state index is 0.00435. The van der Waals surface area contributed by atoms with Gasteiger partial charge >= 0.3 is 0 Å². The van der Waals surface area contributed by atoms with Crippen LogP contribution in [0.1, 0.15) is 36.5 Å². The number of likely N-dealkylation sites (tertiary alicyclic amines) is 1. The molecule has 0 radical (unpaired) electrons. The molecule has 1 saturated heterocycles. The van der Waals surface area contributed by atoms with Gasteiger partial charge in [-0.15, -0.1) is 0 Å². The Morgan fingerprint density at radius 1 is 1.28 bits per heavy atom. The maximum absolute atomic E-state index is 12.3. The fraction of sp³-hybridized carbons (Fsp3) is 0.538. The van der Waals surface area contributed by atoms with Crippen LogP contribution in [0.15, 0.2) is 12.1 Å². The first-order chi connectivity index (χ1) is 8.56. The van der Waals surface area contributed by atoms with Crippen LogP contribution in [0.2, 0.25) is 10.3 Å². The summed E-state index contributed by atoms with van der Waals surface area (Å²) >= 11 is 11.6. The van der Waals surface area contributed by atoms with Crippen LogP contribution in [-0.4, -0.2) is 28.9 Å². The average Bonchev–Trinajstić information content (AvgIpc) is 2.52. The van der Waals surface area contributed by atoms with Crippen molar-refractivity contribution in [3.8, 4) is 0 Å². The molecule has 98 valence electrons. The highest BCUT2D eigenvalue weighted by Gasteiger charge is 2.20. The van der Waals surface area contributed by atoms with E-state index in [1.54, 1.807) is 12.1 Å². The van der Waals surface area contributed by atoms with Gasteiger partial charge in [0.15, 0.2) is 0 Å². The summed E-state index contributed by atoms with van der Waals surface area (Å²) in [4.78, 5) is 18.1. The van der Waals surface area contributed by atoms with Crippen molar-refractivity contribution in [1.82, 2.24) is 9.88 Å². The van der Waals surface area contributed by atoms with Crippen molar-refractivity contribution >= 4 is 29.1 Å². The Balaban J connectivity index is 2.14. The monoisotopic (exact) mass is 286 g/mol. The number of amides is 1. The van der Waals surface area contributed by atoms with E-state index in [4.69, 9.17) is 23.2 Å². The van der Waals surface area contributed by atoms with Gasteiger partial charge in [-0.1, -0.05) is 30.1 Å². The SMILES string of the molecule is CC1CCCN(C(=O)c2cc(Cl)nc(Cl)c2)CC1. The number of carbonyl (C=O) groups excluding carboxylic acids is 1. The third-order valence-corrected chi connectivity index (χ3v) is 3.70. The predicted molar refractivity (Wildman–Crippen MR) is 73.2 cm³/mol. The Bertz CT molecular complexity index is 430. The Kier molecular flexibility index (Phi) is 4.46. The van der Waals surface area contributed by atoms with Crippen molar-refractivity contribution in [2.45, 2.75) is 26.2 Å². The molecule has 1 amide bonds. The van der Waals surface area contributed by atoms with E-state index in [1.165, 1.54) is 6.42 Å². The lowest BCUT2D eigenvalue weighted by atomic mass is 10.0. The smallest absolute Gasteiger partial charge is 0.254 e. The van der Waals surface area contributed by atoms with Gasteiger partial charge in [0.05, 0.1) is 0 Å². The van der Waals surface area contributed by atoms with E-state index < -0.39 is 0 Å². The Labute approximate surface area is 117 Å². The summed E-state index contributed by atoms with van der Waals surface area (Å²) in [5.74, 6) is 0.683. The molecule has 0 aromatic carbocycles. The molecule has 2 rings (SSSR count). The lowest BCUT2D eigenvalue weighted by Crippen LogP contribution is -2.32. The quantitative estimate of drug-likeness (QED) is 0.739. The highest BCUT2D eigenvalue weighted by molar-refractivity contribution is 6.33. The zero-order valence-corrected chi connectivity index (χ0v) is 11.8. The maximum Gasteiger partial charge on any atom is 0.254 e. The lowest BCUT2D eigenvalue weighted by Gasteiger charge is -2.20. The molecule has 0 bridgehead atoms. The number of pyridine rings is 1. The minimum atomic E-state index is -0.00435. The van der Waals surface area contributed by atoms with Gasteiger partial charge in [-0.3, -0.25) is 4.79 Å². The summed E-state index contributed by atoms with van der Waals surface area (Å²) in [6, 6.07) is 3.15. The zero-order valence-electron chi connectivity index (χ0n) is 10.3. The Hall–Kier alpha value is -0.800. The van der Waals surface area contributed by atoms with Crippen molar-refractivity contribution in [1.29, 1.82) is 0 Å². The molecular weight excluding hydrogens is 271 g/mol. The predicted octanol–water partition coefficient (Wildman–Crippen LogP) is 3.65. The first kappa shape index (κ1) is 13.6. The van der Waals surface area contributed by atoms with Crippen molar-refractivity contribution in [3.63, 3.8) is 0 Å². The summed E-state index contributed by atoms with van der Waals surface area (Å²) in [7, 11) is 0. The third kappa shape index (κ3) is 3.36. The van der Waals surface area contributed by atoms with E-state index in [9.17, 15) is 4.79 Å². The molecule has 1 fully saturated rings. The first-order valence-corrected chi connectivity index (χ1v) is 6.94. The van der Waals surface area contributed by atoms with Crippen molar-refractivity contribution < 1.29 is 4.79 Å². The molecule has 1 atom stereocenters. The molecule has 1 aromatic heterocycles. The second kappa shape index (κ2) is 5.89. The van der Waals surface area contributed by atoms with Crippen LogP contribution in [-0.2, 0) is 0 Å². The van der Waals surface area contributed by atoms with E-state index in [0.717, 1.165) is 25.9 Å². The number of nitrogens with zero attached hydrogens (tertiary/aromatic N) is 2. The van der Waals surface area contributed by atoms with Gasteiger partial charge in [0.25, 0.3) is 5.91 Å². The van der Waals surface area contributed by atoms with Gasteiger partial charge < -0.3 is 4.90 Å². The van der Waals surface area contributed by atoms with Crippen LogP contribution < -0.4 is 0 Å². The van der Waals surface area contributed by atoms with E-state index >= 15 is 0 Å². The van der Waals surface area contributed by atoms with Crippen LogP contribution in [0.4, 0.5) is 0 Å². The van der Waals surface area contributed by atoms with E-state index in [-0.39, 0.29) is 16.2 Å². The molecule has 5 heteroatoms. The largest absolute Gasteiger partial charge is 0.339 e. The molecule has 1 aliphatic heterocycles. The first-order valence-electron chi connectivity index (χ1n) is 6.18. The van der Waals surface area contributed by atoms with Crippen LogP contribution in [0.3, 0.4) is 0 Å². The maximum atomic E-state index is 12.3. The van der Waals surface area contributed by atoms with Crippen molar-refractivity contribution in [2.24, 2.45) is 5.92 Å². The lowest BCUT2D eigenvalue weighted by molar-refractivity contribution is 0.0760. The van der Waals surface area contributed by atoms with Crippen LogP contribution in [0.5, 0.6) is 0 Å². The number of halogens is 2. The Morgan fingerprint density at radius 2 is 1.94 bits per heavy atom. The molecule has 18 heavy (non-hydrogen) atoms. The minimum Gasteiger partial charge on any atom is -0.339 e. The fourth-order valence-electron chi connectivity index (χ4n) is 2.24. The van der Waals surface area contributed by atoms with Crippen molar-refractivity contribution in [2.75, 3.05) is 13.1 Å². The second-order valence-electron chi connectivity index (χ2n) is 4.83. The van der Waals surface area contributed by atoms with E-state index in [0.29, 0.717) is 11.5 Å². The number of carbonyl (C=O) groups is 1. The van der Waals surface area contributed by atoms with Gasteiger partial charge in [0.1, 0.15) is 10.3 Å². The van der Waals surface area contributed by atoms with Gasteiger partial charge in [-0.2, -0.15) is 0 Å². The second-order valence-corrected chi connectivity index (χ2v) is 5.60. The summed E-state index contributed by atoms with van der Waals surface area (Å²) in [6.45, 7) is 3.84. The van der Waals surface area contributed by atoms with Crippen LogP contribution in [0.25, 0.3) is 0 Å². The summed E-state index contributed by atoms with van der Waals surface area (Å²) in [5, 5.41) is 0.517. The number of rotatable bonds is 1. The summed E-state index contributed by atoms with van der Waals surface area (Å²) in [5.41, 5.74) is 0.523. The third-order valence-electron chi connectivity index (χ3n) is 3.31. The molecule has 1 aliphatic rings. The van der Waals surface area contributed by atoms with Crippen LogP contribution >= 0.6 is 23.2 Å². The molecule has 1 unspecified atom stereocenters. The fourth-order valence-corrected chi connectivity index (χ4v) is 2.70. The highest BCUT2D eigenvalue weighted by Crippen LogP contribution is 2.20. The molecule has 0 spiro atoms. The molecule has 1 aromatic rings. The normalized spacial score (nSPS) is 20.6. The van der Waals surface area contributed by atoms with Gasteiger partial charge in [0.2, 0.25) is 0 Å². The van der Waals surface area contributed by atoms with Gasteiger partial charge in [-0.05, 0) is 37.3 Å². The molecule has 2 heterocycles. The van der Waals surface area contributed by atoms with Crippen molar-refractivity contribution in [3.05, 3.63) is 28.0 Å². The van der Waals surface area contributed by atoms with Gasteiger partial charge in [-0.25, -0.2) is 4.98 Å². The van der Waals surface area contributed by atoms with Gasteiger partial charge in [0, 0.05) is 18.7 Å². The average molecular weight is 287 g/mol. The van der Waals surface area contributed by atoms with E-state index in [1.807, 2.05) is 4.90 Å². The standard InChI is InChI=1S/C13H16Cl2N2O/c1-9-3-2-5-17(6-4-9)13(18)10-7-11(14)16-12(15)8-10/h7-9H,2-6H2,1H3. The Morgan fingerprint density at radius 3 is 2.61 bits per heavy atom.